The number of ketones is 1. The van der Waals surface area contributed by atoms with Crippen LogP contribution in [0, 0.1) is 0 Å². The fourth-order valence-electron chi connectivity index (χ4n) is 3.77. The smallest absolute Gasteiger partial charge is 0.223 e. The van der Waals surface area contributed by atoms with E-state index >= 15 is 0 Å². The third-order valence-corrected chi connectivity index (χ3v) is 6.47. The van der Waals surface area contributed by atoms with E-state index in [-0.39, 0.29) is 16.9 Å². The topological polar surface area (TPSA) is 68.1 Å². The number of fused-ring (bicyclic) bond motifs is 1. The summed E-state index contributed by atoms with van der Waals surface area (Å²) in [5.41, 5.74) is 2.70. The van der Waals surface area contributed by atoms with Gasteiger partial charge in [-0.25, -0.2) is 0 Å². The Morgan fingerprint density at radius 3 is 2.57 bits per heavy atom. The minimum Gasteiger partial charge on any atom is -0.312 e. The van der Waals surface area contributed by atoms with E-state index in [1.54, 1.807) is 11.8 Å². The lowest BCUT2D eigenvalue weighted by atomic mass is 10.0. The van der Waals surface area contributed by atoms with Crippen LogP contribution in [0.3, 0.4) is 0 Å². The zero-order chi connectivity index (χ0) is 20.0. The van der Waals surface area contributed by atoms with Crippen LogP contribution in [0.5, 0.6) is 0 Å². The van der Waals surface area contributed by atoms with Crippen LogP contribution in [0.15, 0.2) is 23.4 Å². The number of aromatic nitrogens is 3. The molecule has 1 aromatic carbocycles. The lowest BCUT2D eigenvalue weighted by Crippen LogP contribution is -2.25. The Morgan fingerprint density at radius 1 is 1.18 bits per heavy atom. The summed E-state index contributed by atoms with van der Waals surface area (Å²) in [6.07, 6.45) is 3.11. The van der Waals surface area contributed by atoms with Crippen molar-refractivity contribution in [2.45, 2.75) is 69.3 Å². The first-order valence-electron chi connectivity index (χ1n) is 9.93. The Balaban J connectivity index is 1.53. The van der Waals surface area contributed by atoms with E-state index < -0.39 is 0 Å². The summed E-state index contributed by atoms with van der Waals surface area (Å²) in [6, 6.07) is 6.17. The normalized spacial score (nSPS) is 17.1. The molecule has 0 unspecified atom stereocenters. The number of Topliss-reactive ketones (excluding diaryl/α,β-unsaturated/α-hetero) is 1. The molecule has 1 aliphatic carbocycles. The minimum absolute atomic E-state index is 0.0436. The molecule has 1 aromatic heterocycles. The number of amides is 1. The molecule has 2 aliphatic rings. The summed E-state index contributed by atoms with van der Waals surface area (Å²) >= 11 is 1.49. The number of nitrogens with zero attached hydrogens (tertiary/aromatic N) is 4. The molecule has 1 saturated carbocycles. The Kier molecular flexibility index (Phi) is 5.04. The Hall–Kier alpha value is -2.15. The number of carbonyl (C=O) groups is 2. The lowest BCUT2D eigenvalue weighted by Gasteiger charge is -2.16. The van der Waals surface area contributed by atoms with Gasteiger partial charge < -0.3 is 9.47 Å². The molecule has 0 saturated heterocycles. The summed E-state index contributed by atoms with van der Waals surface area (Å²) in [6.45, 7) is 8.45. The van der Waals surface area contributed by atoms with Crippen LogP contribution in [-0.4, -0.2) is 38.2 Å². The average molecular weight is 399 g/mol. The van der Waals surface area contributed by atoms with Gasteiger partial charge >= 0.3 is 0 Å². The number of carbonyl (C=O) groups excluding carboxylic acids is 2. The number of thioether (sulfide) groups is 1. The number of benzene rings is 1. The molecule has 0 radical (unpaired) electrons. The van der Waals surface area contributed by atoms with Crippen molar-refractivity contribution in [1.82, 2.24) is 14.8 Å². The van der Waals surface area contributed by atoms with E-state index in [0.717, 1.165) is 41.5 Å². The summed E-state index contributed by atoms with van der Waals surface area (Å²) in [5, 5.41) is 9.36. The van der Waals surface area contributed by atoms with Crippen molar-refractivity contribution in [3.63, 3.8) is 0 Å². The third-order valence-electron chi connectivity index (χ3n) is 5.41. The molecule has 6 nitrogen and oxygen atoms in total. The fraction of sp³-hybridized carbons (Fsp3) is 0.524. The molecule has 1 aliphatic heterocycles. The predicted octanol–water partition coefficient (Wildman–Crippen LogP) is 4.01. The molecule has 28 heavy (non-hydrogen) atoms. The molecular formula is C21H26N4O2S. The second kappa shape index (κ2) is 7.35. The van der Waals surface area contributed by atoms with Crippen molar-refractivity contribution >= 4 is 29.1 Å². The lowest BCUT2D eigenvalue weighted by molar-refractivity contribution is -0.116. The van der Waals surface area contributed by atoms with E-state index in [9.17, 15) is 9.59 Å². The quantitative estimate of drug-likeness (QED) is 0.543. The molecular weight excluding hydrogens is 372 g/mol. The Bertz CT molecular complexity index is 932. The monoisotopic (exact) mass is 398 g/mol. The highest BCUT2D eigenvalue weighted by atomic mass is 32.2. The first-order valence-corrected chi connectivity index (χ1v) is 10.8. The van der Waals surface area contributed by atoms with Crippen LogP contribution in [0.4, 0.5) is 5.69 Å². The van der Waals surface area contributed by atoms with Crippen LogP contribution >= 0.6 is 11.8 Å². The number of hydrogen-bond acceptors (Lipinski definition) is 5. The highest BCUT2D eigenvalue weighted by Gasteiger charge is 2.32. The molecule has 7 heteroatoms. The van der Waals surface area contributed by atoms with Crippen molar-refractivity contribution in [2.24, 2.45) is 0 Å². The third kappa shape index (κ3) is 3.48. The van der Waals surface area contributed by atoms with Gasteiger partial charge in [0.2, 0.25) is 5.91 Å². The zero-order valence-corrected chi connectivity index (χ0v) is 17.6. The molecule has 2 heterocycles. The Labute approximate surface area is 169 Å². The van der Waals surface area contributed by atoms with Gasteiger partial charge in [0.25, 0.3) is 0 Å². The van der Waals surface area contributed by atoms with Crippen molar-refractivity contribution in [1.29, 1.82) is 0 Å². The number of hydrogen-bond donors (Lipinski definition) is 0. The number of rotatable bonds is 6. The molecule has 1 amide bonds. The maximum atomic E-state index is 13.0. The van der Waals surface area contributed by atoms with E-state index in [1.165, 1.54) is 11.8 Å². The summed E-state index contributed by atoms with van der Waals surface area (Å²) < 4.78 is 2.23. The van der Waals surface area contributed by atoms with E-state index in [4.69, 9.17) is 0 Å². The molecule has 0 spiro atoms. The van der Waals surface area contributed by atoms with Gasteiger partial charge in [-0.3, -0.25) is 9.59 Å². The molecule has 0 bridgehead atoms. The van der Waals surface area contributed by atoms with Gasteiger partial charge in [-0.2, -0.15) is 0 Å². The van der Waals surface area contributed by atoms with Crippen molar-refractivity contribution in [3.8, 4) is 0 Å². The van der Waals surface area contributed by atoms with Crippen LogP contribution in [-0.2, 0) is 11.2 Å². The average Bonchev–Trinajstić information content (AvgIpc) is 3.26. The van der Waals surface area contributed by atoms with Crippen LogP contribution in [0.2, 0.25) is 0 Å². The summed E-state index contributed by atoms with van der Waals surface area (Å²) in [7, 11) is 0. The standard InChI is InChI=1S/C21H26N4O2S/c1-12(2)20-22-23-21(25(20)17-6-7-17)28-13(3)19(27)16-5-8-18-15(11-16)9-10-24(18)14(4)26/h5,8,11-13,17H,6-7,9-10H2,1-4H3/t13-/m1/s1. The molecule has 4 rings (SSSR count). The van der Waals surface area contributed by atoms with Gasteiger partial charge in [0.15, 0.2) is 10.9 Å². The van der Waals surface area contributed by atoms with Gasteiger partial charge in [0.1, 0.15) is 5.82 Å². The van der Waals surface area contributed by atoms with Gasteiger partial charge in [0.05, 0.1) is 5.25 Å². The van der Waals surface area contributed by atoms with E-state index in [2.05, 4.69) is 28.6 Å². The molecule has 2 aromatic rings. The first kappa shape index (κ1) is 19.2. The summed E-state index contributed by atoms with van der Waals surface area (Å²) in [4.78, 5) is 26.5. The van der Waals surface area contributed by atoms with Crippen LogP contribution in [0.1, 0.15) is 74.2 Å². The molecule has 148 valence electrons. The molecule has 0 N–H and O–H groups in total. The zero-order valence-electron chi connectivity index (χ0n) is 16.8. The SMILES string of the molecule is CC(=O)N1CCc2cc(C(=O)[C@@H](C)Sc3nnc(C(C)C)n3C3CC3)ccc21. The predicted molar refractivity (Wildman–Crippen MR) is 110 cm³/mol. The van der Waals surface area contributed by atoms with Gasteiger partial charge in [-0.1, -0.05) is 25.6 Å². The largest absolute Gasteiger partial charge is 0.312 e. The van der Waals surface area contributed by atoms with Crippen molar-refractivity contribution in [3.05, 3.63) is 35.2 Å². The maximum absolute atomic E-state index is 13.0. The molecule has 1 fully saturated rings. The van der Waals surface area contributed by atoms with Gasteiger partial charge in [-0.15, -0.1) is 10.2 Å². The first-order chi connectivity index (χ1) is 13.4. The Morgan fingerprint density at radius 2 is 1.93 bits per heavy atom. The fourth-order valence-corrected chi connectivity index (χ4v) is 4.77. The van der Waals surface area contributed by atoms with Crippen LogP contribution in [0.25, 0.3) is 0 Å². The second-order valence-electron chi connectivity index (χ2n) is 7.99. The number of anilines is 1. The van der Waals surface area contributed by atoms with E-state index in [1.807, 2.05) is 25.1 Å². The van der Waals surface area contributed by atoms with Gasteiger partial charge in [-0.05, 0) is 49.9 Å². The second-order valence-corrected chi connectivity index (χ2v) is 9.29. The maximum Gasteiger partial charge on any atom is 0.223 e. The van der Waals surface area contributed by atoms with Crippen LogP contribution < -0.4 is 4.90 Å². The molecule has 1 atom stereocenters. The minimum atomic E-state index is -0.245. The van der Waals surface area contributed by atoms with Crippen molar-refractivity contribution < 1.29 is 9.59 Å². The van der Waals surface area contributed by atoms with Crippen molar-refractivity contribution in [2.75, 3.05) is 11.4 Å². The highest BCUT2D eigenvalue weighted by molar-refractivity contribution is 8.00. The van der Waals surface area contributed by atoms with E-state index in [0.29, 0.717) is 24.1 Å². The highest BCUT2D eigenvalue weighted by Crippen LogP contribution is 2.41. The summed E-state index contributed by atoms with van der Waals surface area (Å²) in [5.74, 6) is 1.45. The van der Waals surface area contributed by atoms with Gasteiger partial charge in [0, 0.05) is 36.7 Å².